The Labute approximate surface area is 168 Å². The van der Waals surface area contributed by atoms with E-state index >= 15 is 0 Å². The molecule has 1 saturated heterocycles. The van der Waals surface area contributed by atoms with Crippen molar-refractivity contribution in [1.29, 1.82) is 0 Å². The van der Waals surface area contributed by atoms with Gasteiger partial charge in [0.2, 0.25) is 0 Å². The van der Waals surface area contributed by atoms with Crippen molar-refractivity contribution in [3.05, 3.63) is 59.3 Å². The number of rotatable bonds is 5. The van der Waals surface area contributed by atoms with E-state index in [0.29, 0.717) is 24.4 Å². The summed E-state index contributed by atoms with van der Waals surface area (Å²) >= 11 is 0. The van der Waals surface area contributed by atoms with Gasteiger partial charge in [0.25, 0.3) is 5.91 Å². The van der Waals surface area contributed by atoms with E-state index in [1.807, 2.05) is 11.6 Å². The first-order valence-electron chi connectivity index (χ1n) is 9.80. The zero-order chi connectivity index (χ0) is 20.4. The standard InChI is InChI=1S/C21H24FN5O2/c1-3-27-14-17(15(2)23-27)13-25-8-10-26(11-9-25)21(28)19-12-20(29-24-19)16-4-6-18(22)7-5-16/h4-7,12,14H,3,8-11,13H2,1-2H3. The minimum Gasteiger partial charge on any atom is -0.355 e. The lowest BCUT2D eigenvalue weighted by atomic mass is 10.1. The first-order valence-corrected chi connectivity index (χ1v) is 9.80. The molecule has 0 atom stereocenters. The average molecular weight is 397 g/mol. The van der Waals surface area contributed by atoms with Gasteiger partial charge in [-0.3, -0.25) is 14.4 Å². The van der Waals surface area contributed by atoms with Crippen molar-refractivity contribution in [1.82, 2.24) is 24.7 Å². The van der Waals surface area contributed by atoms with Crippen LogP contribution in [-0.4, -0.2) is 56.8 Å². The number of nitrogens with zero attached hydrogens (tertiary/aromatic N) is 5. The summed E-state index contributed by atoms with van der Waals surface area (Å²) in [5.74, 6) is -0.00758. The van der Waals surface area contributed by atoms with Crippen molar-refractivity contribution in [2.45, 2.75) is 26.9 Å². The lowest BCUT2D eigenvalue weighted by molar-refractivity contribution is 0.0618. The fraction of sp³-hybridized carbons (Fsp3) is 0.381. The Kier molecular flexibility index (Phi) is 5.44. The Morgan fingerprint density at radius 1 is 1.17 bits per heavy atom. The largest absolute Gasteiger partial charge is 0.355 e. The normalized spacial score (nSPS) is 15.1. The summed E-state index contributed by atoms with van der Waals surface area (Å²) in [6.07, 6.45) is 2.10. The topological polar surface area (TPSA) is 67.4 Å². The van der Waals surface area contributed by atoms with Crippen LogP contribution in [0.5, 0.6) is 0 Å². The molecule has 1 aromatic carbocycles. The molecule has 1 aliphatic rings. The first-order chi connectivity index (χ1) is 14.0. The van der Waals surface area contributed by atoms with Gasteiger partial charge in [0.15, 0.2) is 11.5 Å². The van der Waals surface area contributed by atoms with E-state index in [1.54, 1.807) is 23.1 Å². The highest BCUT2D eigenvalue weighted by atomic mass is 19.1. The van der Waals surface area contributed by atoms with Crippen LogP contribution in [0.25, 0.3) is 11.3 Å². The van der Waals surface area contributed by atoms with E-state index in [4.69, 9.17) is 4.52 Å². The van der Waals surface area contributed by atoms with Crippen molar-refractivity contribution in [3.63, 3.8) is 0 Å². The van der Waals surface area contributed by atoms with Crippen molar-refractivity contribution in [3.8, 4) is 11.3 Å². The Morgan fingerprint density at radius 3 is 2.55 bits per heavy atom. The molecule has 0 radical (unpaired) electrons. The van der Waals surface area contributed by atoms with Gasteiger partial charge in [-0.25, -0.2) is 4.39 Å². The molecule has 0 spiro atoms. The van der Waals surface area contributed by atoms with Gasteiger partial charge in [0, 0.05) is 62.7 Å². The minimum absolute atomic E-state index is 0.142. The third-order valence-electron chi connectivity index (χ3n) is 5.28. The molecule has 29 heavy (non-hydrogen) atoms. The van der Waals surface area contributed by atoms with Crippen LogP contribution in [0.2, 0.25) is 0 Å². The fourth-order valence-electron chi connectivity index (χ4n) is 3.51. The number of benzene rings is 1. The number of carbonyl (C=O) groups excluding carboxylic acids is 1. The van der Waals surface area contributed by atoms with Gasteiger partial charge in [-0.15, -0.1) is 0 Å². The lowest BCUT2D eigenvalue weighted by Crippen LogP contribution is -2.48. The van der Waals surface area contributed by atoms with Gasteiger partial charge in [0.1, 0.15) is 5.82 Å². The van der Waals surface area contributed by atoms with Crippen molar-refractivity contribution in [2.75, 3.05) is 26.2 Å². The average Bonchev–Trinajstić information content (AvgIpc) is 3.36. The number of aromatic nitrogens is 3. The van der Waals surface area contributed by atoms with Crippen molar-refractivity contribution in [2.24, 2.45) is 0 Å². The Bertz CT molecular complexity index is 987. The fourth-order valence-corrected chi connectivity index (χ4v) is 3.51. The molecule has 0 bridgehead atoms. The third-order valence-corrected chi connectivity index (χ3v) is 5.28. The van der Waals surface area contributed by atoms with Crippen LogP contribution in [0.3, 0.4) is 0 Å². The van der Waals surface area contributed by atoms with Crippen LogP contribution in [0.1, 0.15) is 28.7 Å². The third kappa shape index (κ3) is 4.22. The zero-order valence-electron chi connectivity index (χ0n) is 16.6. The Morgan fingerprint density at radius 2 is 1.90 bits per heavy atom. The van der Waals surface area contributed by atoms with Gasteiger partial charge >= 0.3 is 0 Å². The molecule has 1 fully saturated rings. The quantitative estimate of drug-likeness (QED) is 0.662. The van der Waals surface area contributed by atoms with E-state index in [9.17, 15) is 9.18 Å². The Hall–Kier alpha value is -3.00. The number of halogens is 1. The highest BCUT2D eigenvalue weighted by Gasteiger charge is 2.25. The van der Waals surface area contributed by atoms with Crippen LogP contribution in [0, 0.1) is 12.7 Å². The molecule has 0 saturated carbocycles. The summed E-state index contributed by atoms with van der Waals surface area (Å²) in [7, 11) is 0. The molecule has 3 aromatic rings. The van der Waals surface area contributed by atoms with Gasteiger partial charge in [-0.2, -0.15) is 5.10 Å². The van der Waals surface area contributed by atoms with Gasteiger partial charge in [-0.05, 0) is 38.1 Å². The Balaban J connectivity index is 1.35. The van der Waals surface area contributed by atoms with Crippen molar-refractivity contribution >= 4 is 5.91 Å². The second-order valence-corrected chi connectivity index (χ2v) is 7.25. The SMILES string of the molecule is CCn1cc(CN2CCN(C(=O)c3cc(-c4ccc(F)cc4)on3)CC2)c(C)n1. The molecule has 8 heteroatoms. The number of amides is 1. The minimum atomic E-state index is -0.320. The zero-order valence-corrected chi connectivity index (χ0v) is 16.6. The molecule has 4 rings (SSSR count). The predicted molar refractivity (Wildman–Crippen MR) is 106 cm³/mol. The number of aryl methyl sites for hydroxylation is 2. The van der Waals surface area contributed by atoms with Crippen LogP contribution in [0.4, 0.5) is 4.39 Å². The number of piperazine rings is 1. The van der Waals surface area contributed by atoms with E-state index in [1.165, 1.54) is 17.7 Å². The molecule has 1 aliphatic heterocycles. The molecule has 7 nitrogen and oxygen atoms in total. The van der Waals surface area contributed by atoms with E-state index < -0.39 is 0 Å². The first kappa shape index (κ1) is 19.3. The van der Waals surface area contributed by atoms with Crippen LogP contribution < -0.4 is 0 Å². The molecule has 0 N–H and O–H groups in total. The summed E-state index contributed by atoms with van der Waals surface area (Å²) in [4.78, 5) is 16.9. The summed E-state index contributed by atoms with van der Waals surface area (Å²) in [6.45, 7) is 8.68. The summed E-state index contributed by atoms with van der Waals surface area (Å²) < 4.78 is 20.3. The highest BCUT2D eigenvalue weighted by Crippen LogP contribution is 2.22. The highest BCUT2D eigenvalue weighted by molar-refractivity contribution is 5.93. The van der Waals surface area contributed by atoms with Gasteiger partial charge in [0.05, 0.1) is 5.69 Å². The molecule has 3 heterocycles. The molecule has 152 valence electrons. The maximum absolute atomic E-state index is 13.1. The second-order valence-electron chi connectivity index (χ2n) is 7.25. The van der Waals surface area contributed by atoms with E-state index in [-0.39, 0.29) is 17.4 Å². The van der Waals surface area contributed by atoms with Gasteiger partial charge < -0.3 is 9.42 Å². The smallest absolute Gasteiger partial charge is 0.276 e. The van der Waals surface area contributed by atoms with Crippen LogP contribution >= 0.6 is 0 Å². The predicted octanol–water partition coefficient (Wildman–Crippen LogP) is 2.96. The van der Waals surface area contributed by atoms with E-state index in [2.05, 4.69) is 28.3 Å². The maximum atomic E-state index is 13.1. The molecule has 0 aliphatic carbocycles. The number of hydrogen-bond acceptors (Lipinski definition) is 5. The number of hydrogen-bond donors (Lipinski definition) is 0. The number of carbonyl (C=O) groups is 1. The van der Waals surface area contributed by atoms with Crippen molar-refractivity contribution < 1.29 is 13.7 Å². The second kappa shape index (κ2) is 8.16. The molecular weight excluding hydrogens is 373 g/mol. The monoisotopic (exact) mass is 397 g/mol. The molecule has 2 aromatic heterocycles. The lowest BCUT2D eigenvalue weighted by Gasteiger charge is -2.34. The van der Waals surface area contributed by atoms with E-state index in [0.717, 1.165) is 31.9 Å². The molecule has 0 unspecified atom stereocenters. The summed E-state index contributed by atoms with van der Waals surface area (Å²) in [5.41, 5.74) is 3.25. The maximum Gasteiger partial charge on any atom is 0.276 e. The summed E-state index contributed by atoms with van der Waals surface area (Å²) in [5, 5.41) is 8.41. The summed E-state index contributed by atoms with van der Waals surface area (Å²) in [6, 6.07) is 7.52. The molecular formula is C21H24FN5O2. The van der Waals surface area contributed by atoms with Gasteiger partial charge in [-0.1, -0.05) is 5.16 Å². The molecule has 1 amide bonds. The van der Waals surface area contributed by atoms with Crippen LogP contribution in [-0.2, 0) is 13.1 Å². The van der Waals surface area contributed by atoms with Crippen LogP contribution in [0.15, 0.2) is 41.1 Å².